The summed E-state index contributed by atoms with van der Waals surface area (Å²) in [5, 5.41) is 4.45. The summed E-state index contributed by atoms with van der Waals surface area (Å²) in [6, 6.07) is 6.52. The molecule has 1 aromatic carbocycles. The average molecular weight is 377 g/mol. The zero-order chi connectivity index (χ0) is 18.9. The smallest absolute Gasteiger partial charge is 0.407 e. The van der Waals surface area contributed by atoms with Gasteiger partial charge >= 0.3 is 6.09 Å². The van der Waals surface area contributed by atoms with Crippen molar-refractivity contribution >= 4 is 26.9 Å². The van der Waals surface area contributed by atoms with E-state index in [1.807, 2.05) is 0 Å². The standard InChI is InChI=1S/C18H23N3O4S/c1-18(2,3)25-17(22)20-15-7-9-21(12-15)26(23,24)16-5-4-14-11-19-8-6-13(14)10-16/h4-6,8,10-11,15H,7,9,12H2,1-3H3,(H,20,22)/t15-/m1/s1. The molecule has 1 saturated heterocycles. The minimum Gasteiger partial charge on any atom is -0.444 e. The number of hydrogen-bond donors (Lipinski definition) is 1. The Kier molecular flexibility index (Phi) is 4.90. The van der Waals surface area contributed by atoms with Gasteiger partial charge in [0.05, 0.1) is 4.90 Å². The Hall–Kier alpha value is -2.19. The molecule has 1 N–H and O–H groups in total. The molecular formula is C18H23N3O4S. The number of fused-ring (bicyclic) bond motifs is 1. The van der Waals surface area contributed by atoms with E-state index in [1.54, 1.807) is 57.4 Å². The van der Waals surface area contributed by atoms with Crippen LogP contribution in [0.25, 0.3) is 10.8 Å². The lowest BCUT2D eigenvalue weighted by Crippen LogP contribution is -2.41. The van der Waals surface area contributed by atoms with Crippen molar-refractivity contribution in [1.29, 1.82) is 0 Å². The first-order chi connectivity index (χ1) is 12.1. The summed E-state index contributed by atoms with van der Waals surface area (Å²) in [5.41, 5.74) is -0.589. The SMILES string of the molecule is CC(C)(C)OC(=O)N[C@@H]1CCN(S(=O)(=O)c2ccc3cnccc3c2)C1. The van der Waals surface area contributed by atoms with Crippen molar-refractivity contribution in [3.05, 3.63) is 36.7 Å². The van der Waals surface area contributed by atoms with Crippen LogP contribution < -0.4 is 5.32 Å². The number of ether oxygens (including phenoxy) is 1. The van der Waals surface area contributed by atoms with E-state index in [2.05, 4.69) is 10.3 Å². The average Bonchev–Trinajstić information content (AvgIpc) is 3.01. The van der Waals surface area contributed by atoms with Crippen molar-refractivity contribution in [3.63, 3.8) is 0 Å². The first kappa shape index (κ1) is 18.6. The maximum Gasteiger partial charge on any atom is 0.407 e. The third kappa shape index (κ3) is 4.13. The molecule has 0 unspecified atom stereocenters. The van der Waals surface area contributed by atoms with E-state index in [1.165, 1.54) is 4.31 Å². The number of hydrogen-bond acceptors (Lipinski definition) is 5. The summed E-state index contributed by atoms with van der Waals surface area (Å²) in [7, 11) is -3.61. The summed E-state index contributed by atoms with van der Waals surface area (Å²) in [6.45, 7) is 5.95. The highest BCUT2D eigenvalue weighted by Gasteiger charge is 2.34. The van der Waals surface area contributed by atoms with Gasteiger partial charge in [-0.2, -0.15) is 4.31 Å². The largest absolute Gasteiger partial charge is 0.444 e. The topological polar surface area (TPSA) is 88.6 Å². The molecule has 0 saturated carbocycles. The Morgan fingerprint density at radius 1 is 1.27 bits per heavy atom. The molecule has 1 amide bonds. The molecule has 1 aliphatic heterocycles. The van der Waals surface area contributed by atoms with Gasteiger partial charge in [0.25, 0.3) is 0 Å². The molecule has 8 heteroatoms. The van der Waals surface area contributed by atoms with E-state index < -0.39 is 21.7 Å². The molecule has 140 valence electrons. The van der Waals surface area contributed by atoms with Crippen LogP contribution in [0, 0.1) is 0 Å². The second-order valence-electron chi connectivity index (χ2n) is 7.38. The normalized spacial score (nSPS) is 18.8. The van der Waals surface area contributed by atoms with E-state index in [-0.39, 0.29) is 17.5 Å². The van der Waals surface area contributed by atoms with Gasteiger partial charge in [0.15, 0.2) is 0 Å². The Balaban J connectivity index is 1.71. The van der Waals surface area contributed by atoms with Gasteiger partial charge in [-0.25, -0.2) is 13.2 Å². The highest BCUT2D eigenvalue weighted by Crippen LogP contribution is 2.24. The molecule has 2 aromatic rings. The van der Waals surface area contributed by atoms with Gasteiger partial charge in [0.2, 0.25) is 10.0 Å². The quantitative estimate of drug-likeness (QED) is 0.888. The molecule has 0 bridgehead atoms. The van der Waals surface area contributed by atoms with Crippen LogP contribution in [0.3, 0.4) is 0 Å². The Bertz CT molecular complexity index is 921. The van der Waals surface area contributed by atoms with Crippen molar-refractivity contribution in [2.75, 3.05) is 13.1 Å². The van der Waals surface area contributed by atoms with E-state index >= 15 is 0 Å². The molecule has 7 nitrogen and oxygen atoms in total. The summed E-state index contributed by atoms with van der Waals surface area (Å²) < 4.78 is 32.4. The van der Waals surface area contributed by atoms with Crippen molar-refractivity contribution in [1.82, 2.24) is 14.6 Å². The molecule has 3 rings (SSSR count). The van der Waals surface area contributed by atoms with Crippen LogP contribution in [0.2, 0.25) is 0 Å². The number of rotatable bonds is 3. The van der Waals surface area contributed by atoms with Crippen LogP contribution in [0.4, 0.5) is 4.79 Å². The Labute approximate surface area is 153 Å². The van der Waals surface area contributed by atoms with Crippen LogP contribution in [-0.4, -0.2) is 48.5 Å². The zero-order valence-corrected chi connectivity index (χ0v) is 15.9. The van der Waals surface area contributed by atoms with Crippen molar-refractivity contribution in [2.45, 2.75) is 43.7 Å². The van der Waals surface area contributed by atoms with Crippen LogP contribution >= 0.6 is 0 Å². The third-order valence-corrected chi connectivity index (χ3v) is 5.98. The van der Waals surface area contributed by atoms with Gasteiger partial charge in [0, 0.05) is 36.9 Å². The van der Waals surface area contributed by atoms with Gasteiger partial charge in [-0.1, -0.05) is 6.07 Å². The van der Waals surface area contributed by atoms with Gasteiger partial charge in [0.1, 0.15) is 5.60 Å². The van der Waals surface area contributed by atoms with E-state index in [0.29, 0.717) is 13.0 Å². The number of carbonyl (C=O) groups excluding carboxylic acids is 1. The first-order valence-corrected chi connectivity index (χ1v) is 9.93. The number of carbonyl (C=O) groups is 1. The highest BCUT2D eigenvalue weighted by molar-refractivity contribution is 7.89. The van der Waals surface area contributed by atoms with Crippen LogP contribution in [-0.2, 0) is 14.8 Å². The molecule has 26 heavy (non-hydrogen) atoms. The molecule has 1 aliphatic rings. The molecule has 2 heterocycles. The van der Waals surface area contributed by atoms with Crippen molar-refractivity contribution < 1.29 is 17.9 Å². The highest BCUT2D eigenvalue weighted by atomic mass is 32.2. The number of nitrogens with one attached hydrogen (secondary N) is 1. The maximum atomic E-state index is 12.9. The lowest BCUT2D eigenvalue weighted by Gasteiger charge is -2.22. The first-order valence-electron chi connectivity index (χ1n) is 8.49. The number of benzene rings is 1. The van der Waals surface area contributed by atoms with Gasteiger partial charge in [-0.15, -0.1) is 0 Å². The molecule has 0 spiro atoms. The van der Waals surface area contributed by atoms with Gasteiger partial charge < -0.3 is 10.1 Å². The lowest BCUT2D eigenvalue weighted by atomic mass is 10.2. The Morgan fingerprint density at radius 3 is 2.77 bits per heavy atom. The fourth-order valence-corrected chi connectivity index (χ4v) is 4.45. The van der Waals surface area contributed by atoms with Gasteiger partial charge in [-0.3, -0.25) is 4.98 Å². The van der Waals surface area contributed by atoms with E-state index in [0.717, 1.165) is 10.8 Å². The maximum absolute atomic E-state index is 12.9. The number of nitrogens with zero attached hydrogens (tertiary/aromatic N) is 2. The third-order valence-electron chi connectivity index (χ3n) is 4.12. The number of pyridine rings is 1. The Morgan fingerprint density at radius 2 is 2.04 bits per heavy atom. The molecule has 1 atom stereocenters. The number of amides is 1. The van der Waals surface area contributed by atoms with Gasteiger partial charge in [-0.05, 0) is 50.8 Å². The van der Waals surface area contributed by atoms with E-state index in [4.69, 9.17) is 4.74 Å². The van der Waals surface area contributed by atoms with Crippen molar-refractivity contribution in [3.8, 4) is 0 Å². The molecule has 0 aliphatic carbocycles. The second-order valence-corrected chi connectivity index (χ2v) is 9.32. The van der Waals surface area contributed by atoms with E-state index in [9.17, 15) is 13.2 Å². The summed E-state index contributed by atoms with van der Waals surface area (Å²) >= 11 is 0. The molecule has 1 aromatic heterocycles. The van der Waals surface area contributed by atoms with Crippen LogP contribution in [0.5, 0.6) is 0 Å². The predicted molar refractivity (Wildman–Crippen MR) is 98.3 cm³/mol. The monoisotopic (exact) mass is 377 g/mol. The fraction of sp³-hybridized carbons (Fsp3) is 0.444. The number of aromatic nitrogens is 1. The predicted octanol–water partition coefficient (Wildman–Crippen LogP) is 2.52. The number of alkyl carbamates (subject to hydrolysis) is 1. The number of sulfonamides is 1. The summed E-state index contributed by atoms with van der Waals surface area (Å²) in [4.78, 5) is 16.2. The second kappa shape index (κ2) is 6.85. The minimum atomic E-state index is -3.61. The summed E-state index contributed by atoms with van der Waals surface area (Å²) in [5.74, 6) is 0. The minimum absolute atomic E-state index is 0.232. The van der Waals surface area contributed by atoms with Crippen molar-refractivity contribution in [2.24, 2.45) is 0 Å². The zero-order valence-electron chi connectivity index (χ0n) is 15.1. The molecular weight excluding hydrogens is 354 g/mol. The van der Waals surface area contributed by atoms with Crippen LogP contribution in [0.15, 0.2) is 41.6 Å². The fourth-order valence-electron chi connectivity index (χ4n) is 2.91. The molecule has 1 fully saturated rings. The molecule has 0 radical (unpaired) electrons. The summed E-state index contributed by atoms with van der Waals surface area (Å²) in [6.07, 6.45) is 3.35. The van der Waals surface area contributed by atoms with Crippen LogP contribution in [0.1, 0.15) is 27.2 Å². The lowest BCUT2D eigenvalue weighted by molar-refractivity contribution is 0.0507.